The Labute approximate surface area is 129 Å². The van der Waals surface area contributed by atoms with Gasteiger partial charge in [0.25, 0.3) is 0 Å². The van der Waals surface area contributed by atoms with E-state index < -0.39 is 0 Å². The normalized spacial score (nSPS) is 18.7. The van der Waals surface area contributed by atoms with Crippen LogP contribution in [0.15, 0.2) is 54.6 Å². The average molecular weight is 278 g/mol. The van der Waals surface area contributed by atoms with Crippen LogP contribution in [0.25, 0.3) is 0 Å². The lowest BCUT2D eigenvalue weighted by molar-refractivity contribution is 0.366. The van der Waals surface area contributed by atoms with Crippen molar-refractivity contribution < 1.29 is 0 Å². The van der Waals surface area contributed by atoms with Crippen LogP contribution >= 0.6 is 0 Å². The SMILES string of the molecule is Cc1ccc(C2(c3ccccc3)CCCCCCC2)cc1. The van der Waals surface area contributed by atoms with E-state index in [2.05, 4.69) is 61.5 Å². The molecule has 1 aliphatic rings. The molecule has 0 heteroatoms. The summed E-state index contributed by atoms with van der Waals surface area (Å²) in [7, 11) is 0. The van der Waals surface area contributed by atoms with Crippen LogP contribution in [0.2, 0.25) is 0 Å². The molecule has 0 bridgehead atoms. The molecule has 0 nitrogen and oxygen atoms in total. The Balaban J connectivity index is 2.06. The van der Waals surface area contributed by atoms with Gasteiger partial charge in [-0.25, -0.2) is 0 Å². The van der Waals surface area contributed by atoms with Crippen LogP contribution in [0, 0.1) is 6.92 Å². The first-order valence-electron chi connectivity index (χ1n) is 8.44. The summed E-state index contributed by atoms with van der Waals surface area (Å²) in [4.78, 5) is 0. The lowest BCUT2D eigenvalue weighted by Crippen LogP contribution is -2.28. The molecule has 0 saturated heterocycles. The van der Waals surface area contributed by atoms with Gasteiger partial charge in [0.15, 0.2) is 0 Å². The second-order valence-corrected chi connectivity index (χ2v) is 6.58. The van der Waals surface area contributed by atoms with Crippen molar-refractivity contribution in [2.24, 2.45) is 0 Å². The molecule has 3 rings (SSSR count). The maximum absolute atomic E-state index is 2.37. The fraction of sp³-hybridized carbons (Fsp3) is 0.429. The van der Waals surface area contributed by atoms with E-state index in [1.54, 1.807) is 0 Å². The quantitative estimate of drug-likeness (QED) is 0.629. The van der Waals surface area contributed by atoms with Crippen molar-refractivity contribution in [2.45, 2.75) is 57.3 Å². The predicted octanol–water partition coefficient (Wildman–Crippen LogP) is 6.03. The molecule has 0 unspecified atom stereocenters. The zero-order valence-corrected chi connectivity index (χ0v) is 13.1. The van der Waals surface area contributed by atoms with Gasteiger partial charge in [0.05, 0.1) is 0 Å². The highest BCUT2D eigenvalue weighted by molar-refractivity contribution is 5.40. The third-order valence-corrected chi connectivity index (χ3v) is 5.14. The highest BCUT2D eigenvalue weighted by Crippen LogP contribution is 2.43. The first-order chi connectivity index (χ1) is 10.3. The molecule has 110 valence electrons. The maximum Gasteiger partial charge on any atom is 0.0202 e. The largest absolute Gasteiger partial charge is 0.0622 e. The number of hydrogen-bond donors (Lipinski definition) is 0. The molecule has 1 saturated carbocycles. The number of benzene rings is 2. The smallest absolute Gasteiger partial charge is 0.0202 e. The molecule has 0 spiro atoms. The summed E-state index contributed by atoms with van der Waals surface area (Å²) in [5.41, 5.74) is 4.61. The standard InChI is InChI=1S/C21H26/c1-18-12-14-20(15-13-18)21(19-10-6-5-7-11-19)16-8-3-2-4-9-17-21/h5-7,10-15H,2-4,8-9,16-17H2,1H3. The van der Waals surface area contributed by atoms with Crippen LogP contribution in [0.5, 0.6) is 0 Å². The van der Waals surface area contributed by atoms with Gasteiger partial charge >= 0.3 is 0 Å². The molecule has 21 heavy (non-hydrogen) atoms. The summed E-state index contributed by atoms with van der Waals surface area (Å²) in [5.74, 6) is 0. The molecule has 0 amide bonds. The Hall–Kier alpha value is -1.56. The van der Waals surface area contributed by atoms with Gasteiger partial charge in [-0.1, -0.05) is 92.3 Å². The monoisotopic (exact) mass is 278 g/mol. The van der Waals surface area contributed by atoms with Gasteiger partial charge in [0, 0.05) is 5.41 Å². The highest BCUT2D eigenvalue weighted by atomic mass is 14.4. The van der Waals surface area contributed by atoms with Crippen molar-refractivity contribution >= 4 is 0 Å². The molecule has 0 aromatic heterocycles. The second kappa shape index (κ2) is 6.47. The predicted molar refractivity (Wildman–Crippen MR) is 90.7 cm³/mol. The van der Waals surface area contributed by atoms with E-state index in [1.165, 1.54) is 61.6 Å². The fourth-order valence-electron chi connectivity index (χ4n) is 3.88. The van der Waals surface area contributed by atoms with Crippen LogP contribution in [0.4, 0.5) is 0 Å². The molecule has 0 heterocycles. The first kappa shape index (κ1) is 14.4. The fourth-order valence-corrected chi connectivity index (χ4v) is 3.88. The summed E-state index contributed by atoms with van der Waals surface area (Å²) in [6.07, 6.45) is 9.48. The van der Waals surface area contributed by atoms with Gasteiger partial charge in [-0.3, -0.25) is 0 Å². The molecule has 1 fully saturated rings. The minimum absolute atomic E-state index is 0.232. The number of rotatable bonds is 2. The lowest BCUT2D eigenvalue weighted by Gasteiger charge is -2.37. The average Bonchev–Trinajstić information content (AvgIpc) is 2.50. The van der Waals surface area contributed by atoms with Gasteiger partial charge in [-0.15, -0.1) is 0 Å². The van der Waals surface area contributed by atoms with Crippen molar-refractivity contribution in [3.63, 3.8) is 0 Å². The van der Waals surface area contributed by atoms with Gasteiger partial charge in [0.1, 0.15) is 0 Å². The van der Waals surface area contributed by atoms with Crippen LogP contribution in [-0.4, -0.2) is 0 Å². The maximum atomic E-state index is 2.37. The molecule has 2 aromatic rings. The summed E-state index contributed by atoms with van der Waals surface area (Å²) >= 11 is 0. The van der Waals surface area contributed by atoms with Crippen LogP contribution in [0.3, 0.4) is 0 Å². The molecule has 0 aliphatic heterocycles. The third kappa shape index (κ3) is 3.05. The van der Waals surface area contributed by atoms with E-state index in [0.29, 0.717) is 0 Å². The first-order valence-corrected chi connectivity index (χ1v) is 8.44. The third-order valence-electron chi connectivity index (χ3n) is 5.14. The number of hydrogen-bond acceptors (Lipinski definition) is 0. The van der Waals surface area contributed by atoms with E-state index in [0.717, 1.165) is 0 Å². The van der Waals surface area contributed by atoms with Gasteiger partial charge in [0.2, 0.25) is 0 Å². The lowest BCUT2D eigenvalue weighted by atomic mass is 9.67. The second-order valence-electron chi connectivity index (χ2n) is 6.58. The summed E-state index contributed by atoms with van der Waals surface area (Å²) < 4.78 is 0. The van der Waals surface area contributed by atoms with Crippen LogP contribution < -0.4 is 0 Å². The molecule has 0 atom stereocenters. The number of aryl methyl sites for hydroxylation is 1. The van der Waals surface area contributed by atoms with Gasteiger partial charge < -0.3 is 0 Å². The van der Waals surface area contributed by atoms with Crippen molar-refractivity contribution in [2.75, 3.05) is 0 Å². The van der Waals surface area contributed by atoms with E-state index >= 15 is 0 Å². The zero-order valence-electron chi connectivity index (χ0n) is 13.1. The Morgan fingerprint density at radius 1 is 0.619 bits per heavy atom. The Morgan fingerprint density at radius 3 is 1.76 bits per heavy atom. The summed E-state index contributed by atoms with van der Waals surface area (Å²) in [6, 6.07) is 20.5. The Bertz CT molecular complexity index is 542. The van der Waals surface area contributed by atoms with E-state index in [-0.39, 0.29) is 5.41 Å². The van der Waals surface area contributed by atoms with Crippen molar-refractivity contribution in [3.8, 4) is 0 Å². The highest BCUT2D eigenvalue weighted by Gasteiger charge is 2.33. The molecule has 0 radical (unpaired) electrons. The van der Waals surface area contributed by atoms with E-state index in [1.807, 2.05) is 0 Å². The van der Waals surface area contributed by atoms with Crippen LogP contribution in [-0.2, 0) is 5.41 Å². The minimum Gasteiger partial charge on any atom is -0.0622 e. The minimum atomic E-state index is 0.232. The van der Waals surface area contributed by atoms with Gasteiger partial charge in [-0.05, 0) is 30.9 Å². The molecule has 0 N–H and O–H groups in total. The van der Waals surface area contributed by atoms with E-state index in [4.69, 9.17) is 0 Å². The summed E-state index contributed by atoms with van der Waals surface area (Å²) in [6.45, 7) is 2.18. The Kier molecular flexibility index (Phi) is 4.43. The summed E-state index contributed by atoms with van der Waals surface area (Å²) in [5, 5.41) is 0. The van der Waals surface area contributed by atoms with Gasteiger partial charge in [-0.2, -0.15) is 0 Å². The molecular formula is C21H26. The van der Waals surface area contributed by atoms with E-state index in [9.17, 15) is 0 Å². The van der Waals surface area contributed by atoms with Crippen LogP contribution in [0.1, 0.15) is 61.6 Å². The Morgan fingerprint density at radius 2 is 1.14 bits per heavy atom. The van der Waals surface area contributed by atoms with Crippen molar-refractivity contribution in [3.05, 3.63) is 71.3 Å². The molecule has 2 aromatic carbocycles. The van der Waals surface area contributed by atoms with Crippen molar-refractivity contribution in [1.29, 1.82) is 0 Å². The topological polar surface area (TPSA) is 0 Å². The van der Waals surface area contributed by atoms with Crippen molar-refractivity contribution in [1.82, 2.24) is 0 Å². The molecular weight excluding hydrogens is 252 g/mol. The zero-order chi connectivity index (χ0) is 14.5. The molecule has 1 aliphatic carbocycles.